The Morgan fingerprint density at radius 2 is 2.31 bits per heavy atom. The van der Waals surface area contributed by atoms with Crippen LogP contribution < -0.4 is 0 Å². The van der Waals surface area contributed by atoms with E-state index in [4.69, 9.17) is 4.74 Å². The highest BCUT2D eigenvalue weighted by molar-refractivity contribution is 5.28. The molecule has 0 saturated carbocycles. The summed E-state index contributed by atoms with van der Waals surface area (Å²) in [7, 11) is 1.85. The molecule has 0 bridgehead atoms. The molecule has 0 amide bonds. The molecule has 0 aromatic carbocycles. The quantitative estimate of drug-likeness (QED) is 0.600. The molecule has 2 aliphatic rings. The van der Waals surface area contributed by atoms with Gasteiger partial charge in [0, 0.05) is 13.0 Å². The Kier molecular flexibility index (Phi) is 2.54. The lowest BCUT2D eigenvalue weighted by atomic mass is 9.76. The molecule has 3 atom stereocenters. The summed E-state index contributed by atoms with van der Waals surface area (Å²) in [6.07, 6.45) is 11.1. The maximum absolute atomic E-state index is 5.56. The van der Waals surface area contributed by atoms with Gasteiger partial charge in [0.2, 0.25) is 0 Å². The van der Waals surface area contributed by atoms with Gasteiger partial charge in [0.25, 0.3) is 0 Å². The third kappa shape index (κ3) is 1.71. The number of rotatable bonds is 1. The van der Waals surface area contributed by atoms with E-state index in [1.807, 2.05) is 7.11 Å². The van der Waals surface area contributed by atoms with E-state index < -0.39 is 0 Å². The molecule has 3 unspecified atom stereocenters. The van der Waals surface area contributed by atoms with Crippen LogP contribution in [0.4, 0.5) is 0 Å². The maximum Gasteiger partial charge on any atom is 0.0645 e. The van der Waals surface area contributed by atoms with Crippen LogP contribution in [0.25, 0.3) is 0 Å². The Bertz CT molecular complexity index is 240. The zero-order valence-electron chi connectivity index (χ0n) is 8.49. The topological polar surface area (TPSA) is 9.23 Å². The lowest BCUT2D eigenvalue weighted by Crippen LogP contribution is -2.30. The van der Waals surface area contributed by atoms with Crippen molar-refractivity contribution in [1.29, 1.82) is 0 Å². The van der Waals surface area contributed by atoms with Crippen LogP contribution in [-0.2, 0) is 4.74 Å². The standard InChI is InChI=1S/C12H18O/c1-9-7-10-5-3-4-6-11(10)12(8-9)13-2/h3,5,7,9,11-12H,4,6,8H2,1-2H3. The van der Waals surface area contributed by atoms with Crippen molar-refractivity contribution in [2.75, 3.05) is 7.11 Å². The van der Waals surface area contributed by atoms with Gasteiger partial charge in [0.15, 0.2) is 0 Å². The van der Waals surface area contributed by atoms with Crippen molar-refractivity contribution in [1.82, 2.24) is 0 Å². The monoisotopic (exact) mass is 178 g/mol. The lowest BCUT2D eigenvalue weighted by Gasteiger charge is -2.35. The van der Waals surface area contributed by atoms with Crippen molar-refractivity contribution < 1.29 is 4.74 Å². The second kappa shape index (κ2) is 3.67. The molecule has 0 aromatic rings. The molecule has 0 fully saturated rings. The third-order valence-electron chi connectivity index (χ3n) is 3.22. The first kappa shape index (κ1) is 9.01. The van der Waals surface area contributed by atoms with Crippen molar-refractivity contribution in [2.45, 2.75) is 32.3 Å². The van der Waals surface area contributed by atoms with Gasteiger partial charge in [-0.25, -0.2) is 0 Å². The number of fused-ring (bicyclic) bond motifs is 1. The summed E-state index contributed by atoms with van der Waals surface area (Å²) in [6, 6.07) is 0. The Morgan fingerprint density at radius 3 is 3.08 bits per heavy atom. The van der Waals surface area contributed by atoms with Gasteiger partial charge < -0.3 is 4.74 Å². The van der Waals surface area contributed by atoms with Crippen molar-refractivity contribution in [3.05, 3.63) is 23.8 Å². The minimum absolute atomic E-state index is 0.458. The fourth-order valence-corrected chi connectivity index (χ4v) is 2.55. The lowest BCUT2D eigenvalue weighted by molar-refractivity contribution is 0.0419. The predicted molar refractivity (Wildman–Crippen MR) is 54.5 cm³/mol. The summed E-state index contributed by atoms with van der Waals surface area (Å²) in [4.78, 5) is 0. The Labute approximate surface area is 80.5 Å². The molecular weight excluding hydrogens is 160 g/mol. The van der Waals surface area contributed by atoms with Gasteiger partial charge in [-0.1, -0.05) is 25.2 Å². The second-order valence-electron chi connectivity index (χ2n) is 4.24. The fourth-order valence-electron chi connectivity index (χ4n) is 2.55. The van der Waals surface area contributed by atoms with E-state index >= 15 is 0 Å². The normalized spacial score (nSPS) is 38.3. The Morgan fingerprint density at radius 1 is 1.46 bits per heavy atom. The zero-order valence-corrected chi connectivity index (χ0v) is 8.49. The van der Waals surface area contributed by atoms with Crippen molar-refractivity contribution >= 4 is 0 Å². The van der Waals surface area contributed by atoms with E-state index in [9.17, 15) is 0 Å². The average Bonchev–Trinajstić information content (AvgIpc) is 2.16. The third-order valence-corrected chi connectivity index (χ3v) is 3.22. The minimum Gasteiger partial charge on any atom is -0.381 e. The van der Waals surface area contributed by atoms with Crippen LogP contribution in [0, 0.1) is 11.8 Å². The highest BCUT2D eigenvalue weighted by Gasteiger charge is 2.30. The molecule has 0 radical (unpaired) electrons. The van der Waals surface area contributed by atoms with Crippen LogP contribution in [0.15, 0.2) is 23.8 Å². The van der Waals surface area contributed by atoms with E-state index in [0.29, 0.717) is 17.9 Å². The second-order valence-corrected chi connectivity index (χ2v) is 4.24. The largest absolute Gasteiger partial charge is 0.381 e. The van der Waals surface area contributed by atoms with Gasteiger partial charge >= 0.3 is 0 Å². The zero-order chi connectivity index (χ0) is 9.26. The number of ether oxygens (including phenoxy) is 1. The van der Waals surface area contributed by atoms with Gasteiger partial charge in [-0.3, -0.25) is 0 Å². The first-order valence-electron chi connectivity index (χ1n) is 5.22. The first-order valence-corrected chi connectivity index (χ1v) is 5.22. The summed E-state index contributed by atoms with van der Waals surface area (Å²) in [5.74, 6) is 1.35. The molecule has 0 heterocycles. The summed E-state index contributed by atoms with van der Waals surface area (Å²) in [5, 5.41) is 0. The summed E-state index contributed by atoms with van der Waals surface area (Å²) in [6.45, 7) is 2.28. The predicted octanol–water partition coefficient (Wildman–Crippen LogP) is 2.93. The average molecular weight is 178 g/mol. The molecule has 0 saturated heterocycles. The maximum atomic E-state index is 5.56. The van der Waals surface area contributed by atoms with Gasteiger partial charge in [-0.15, -0.1) is 0 Å². The molecule has 1 heteroatoms. The van der Waals surface area contributed by atoms with Gasteiger partial charge in [-0.2, -0.15) is 0 Å². The molecular formula is C12H18O. The van der Waals surface area contributed by atoms with Gasteiger partial charge in [-0.05, 0) is 30.8 Å². The summed E-state index contributed by atoms with van der Waals surface area (Å²) < 4.78 is 5.56. The van der Waals surface area contributed by atoms with Gasteiger partial charge in [0.1, 0.15) is 0 Å². The molecule has 0 aliphatic heterocycles. The van der Waals surface area contributed by atoms with Crippen LogP contribution in [0.5, 0.6) is 0 Å². The molecule has 0 spiro atoms. The first-order chi connectivity index (χ1) is 6.31. The van der Waals surface area contributed by atoms with E-state index in [1.165, 1.54) is 24.8 Å². The summed E-state index contributed by atoms with van der Waals surface area (Å²) in [5.41, 5.74) is 1.51. The number of methoxy groups -OCH3 is 1. The highest BCUT2D eigenvalue weighted by atomic mass is 16.5. The Balaban J connectivity index is 2.23. The Hall–Kier alpha value is -0.560. The number of hydrogen-bond donors (Lipinski definition) is 0. The highest BCUT2D eigenvalue weighted by Crippen LogP contribution is 2.36. The minimum atomic E-state index is 0.458. The fraction of sp³-hybridized carbons (Fsp3) is 0.667. The number of allylic oxidation sites excluding steroid dienone is 3. The smallest absolute Gasteiger partial charge is 0.0645 e. The van der Waals surface area contributed by atoms with E-state index in [1.54, 1.807) is 0 Å². The molecule has 2 rings (SSSR count). The van der Waals surface area contributed by atoms with Crippen LogP contribution in [-0.4, -0.2) is 13.2 Å². The molecule has 72 valence electrons. The van der Waals surface area contributed by atoms with Crippen molar-refractivity contribution in [3.8, 4) is 0 Å². The summed E-state index contributed by atoms with van der Waals surface area (Å²) >= 11 is 0. The molecule has 0 N–H and O–H groups in total. The molecule has 1 nitrogen and oxygen atoms in total. The van der Waals surface area contributed by atoms with Crippen molar-refractivity contribution in [2.24, 2.45) is 11.8 Å². The van der Waals surface area contributed by atoms with E-state index in [0.717, 1.165) is 0 Å². The van der Waals surface area contributed by atoms with Crippen molar-refractivity contribution in [3.63, 3.8) is 0 Å². The van der Waals surface area contributed by atoms with E-state index in [-0.39, 0.29) is 0 Å². The van der Waals surface area contributed by atoms with Crippen LogP contribution in [0.1, 0.15) is 26.2 Å². The van der Waals surface area contributed by atoms with Crippen LogP contribution in [0.3, 0.4) is 0 Å². The SMILES string of the molecule is COC1CC(C)C=C2C=CCCC21. The molecule has 2 aliphatic carbocycles. The van der Waals surface area contributed by atoms with E-state index in [2.05, 4.69) is 25.2 Å². The number of hydrogen-bond acceptors (Lipinski definition) is 1. The van der Waals surface area contributed by atoms with Crippen LogP contribution >= 0.6 is 0 Å². The molecule has 0 aromatic heterocycles. The van der Waals surface area contributed by atoms with Crippen LogP contribution in [0.2, 0.25) is 0 Å². The molecule has 13 heavy (non-hydrogen) atoms. The van der Waals surface area contributed by atoms with Gasteiger partial charge in [0.05, 0.1) is 6.10 Å².